The zero-order valence-electron chi connectivity index (χ0n) is 12.9. The van der Waals surface area contributed by atoms with Gasteiger partial charge in [-0.15, -0.1) is 46.2 Å². The van der Waals surface area contributed by atoms with E-state index in [-0.39, 0.29) is 33.6 Å². The first-order chi connectivity index (χ1) is 9.84. The number of rotatable bonds is 1. The molecule has 0 bridgehead atoms. The standard InChI is InChI=1S/C20H15.CH3.Zr/c1-14-13-16-8-3-5-11-18(16)20(14)19-12-6-9-15-7-2-4-10-17(15)19;;/h2-13H,1H3;1H3;/q2*-1;+2. The third kappa shape index (κ3) is 2.59. The second-order valence-electron chi connectivity index (χ2n) is 5.32. The van der Waals surface area contributed by atoms with Crippen molar-refractivity contribution >= 4 is 21.5 Å². The number of aryl methyl sites for hydroxylation is 1. The summed E-state index contributed by atoms with van der Waals surface area (Å²) in [6.45, 7) is 2.21. The second kappa shape index (κ2) is 6.67. The molecule has 0 saturated heterocycles. The van der Waals surface area contributed by atoms with Crippen LogP contribution in [0.1, 0.15) is 5.56 Å². The van der Waals surface area contributed by atoms with Gasteiger partial charge in [0.25, 0.3) is 0 Å². The van der Waals surface area contributed by atoms with Crippen molar-refractivity contribution in [3.05, 3.63) is 85.8 Å². The smallest absolute Gasteiger partial charge is 0.358 e. The summed E-state index contributed by atoms with van der Waals surface area (Å²) < 4.78 is 0. The molecule has 4 rings (SSSR count). The monoisotopic (exact) mass is 360 g/mol. The zero-order chi connectivity index (χ0) is 13.5. The Morgan fingerprint density at radius 3 is 2.18 bits per heavy atom. The Bertz CT molecular complexity index is 910. The topological polar surface area (TPSA) is 0 Å². The molecule has 0 amide bonds. The summed E-state index contributed by atoms with van der Waals surface area (Å²) in [5, 5.41) is 5.30. The van der Waals surface area contributed by atoms with Crippen molar-refractivity contribution in [2.24, 2.45) is 0 Å². The zero-order valence-corrected chi connectivity index (χ0v) is 15.4. The Morgan fingerprint density at radius 1 is 0.727 bits per heavy atom. The van der Waals surface area contributed by atoms with Crippen LogP contribution in [0.5, 0.6) is 0 Å². The summed E-state index contributed by atoms with van der Waals surface area (Å²) in [6.07, 6.45) is 0. The number of fused-ring (bicyclic) bond motifs is 2. The van der Waals surface area contributed by atoms with Gasteiger partial charge >= 0.3 is 26.2 Å². The van der Waals surface area contributed by atoms with E-state index in [4.69, 9.17) is 0 Å². The molecule has 0 radical (unpaired) electrons. The summed E-state index contributed by atoms with van der Waals surface area (Å²) in [5.41, 5.74) is 4.06. The van der Waals surface area contributed by atoms with Crippen LogP contribution in [-0.4, -0.2) is 0 Å². The van der Waals surface area contributed by atoms with E-state index in [1.54, 1.807) is 0 Å². The van der Waals surface area contributed by atoms with Crippen molar-refractivity contribution in [2.75, 3.05) is 0 Å². The molecule has 0 saturated carbocycles. The van der Waals surface area contributed by atoms with Gasteiger partial charge in [0.05, 0.1) is 0 Å². The van der Waals surface area contributed by atoms with Gasteiger partial charge < -0.3 is 7.43 Å². The van der Waals surface area contributed by atoms with Crippen LogP contribution in [0.3, 0.4) is 0 Å². The molecule has 0 atom stereocenters. The van der Waals surface area contributed by atoms with Crippen LogP contribution < -0.4 is 0 Å². The Balaban J connectivity index is 0.000000882. The molecule has 4 aromatic carbocycles. The average Bonchev–Trinajstić information content (AvgIpc) is 2.82. The molecule has 0 unspecified atom stereocenters. The fourth-order valence-corrected chi connectivity index (χ4v) is 3.17. The van der Waals surface area contributed by atoms with Crippen LogP contribution in [0.4, 0.5) is 0 Å². The predicted octanol–water partition coefficient (Wildman–Crippen LogP) is 6.14. The van der Waals surface area contributed by atoms with Crippen LogP contribution >= 0.6 is 0 Å². The molecule has 0 nitrogen and oxygen atoms in total. The summed E-state index contributed by atoms with van der Waals surface area (Å²) >= 11 is 0. The molecule has 4 aromatic rings. The summed E-state index contributed by atoms with van der Waals surface area (Å²) in [5.74, 6) is 0. The van der Waals surface area contributed by atoms with Crippen molar-refractivity contribution in [2.45, 2.75) is 6.92 Å². The van der Waals surface area contributed by atoms with Crippen molar-refractivity contribution in [3.63, 3.8) is 0 Å². The minimum Gasteiger partial charge on any atom is -0.358 e. The second-order valence-corrected chi connectivity index (χ2v) is 5.32. The van der Waals surface area contributed by atoms with Gasteiger partial charge in [0.15, 0.2) is 0 Å². The molecule has 0 spiro atoms. The molecule has 0 aliphatic rings. The minimum absolute atomic E-state index is 0. The van der Waals surface area contributed by atoms with Crippen LogP contribution in [-0.2, 0) is 26.2 Å². The normalized spacial score (nSPS) is 10.2. The van der Waals surface area contributed by atoms with E-state index in [0.717, 1.165) is 0 Å². The van der Waals surface area contributed by atoms with E-state index in [1.165, 1.54) is 38.2 Å². The fourth-order valence-electron chi connectivity index (χ4n) is 3.17. The van der Waals surface area contributed by atoms with E-state index in [2.05, 4.69) is 79.7 Å². The molecule has 22 heavy (non-hydrogen) atoms. The third-order valence-corrected chi connectivity index (χ3v) is 4.06. The molecule has 1 heteroatoms. The van der Waals surface area contributed by atoms with Gasteiger partial charge in [-0.1, -0.05) is 61.0 Å². The van der Waals surface area contributed by atoms with Gasteiger partial charge in [0.2, 0.25) is 0 Å². The Kier molecular flexibility index (Phi) is 5.09. The quantitative estimate of drug-likeness (QED) is 0.357. The first-order valence-electron chi connectivity index (χ1n) is 6.98. The van der Waals surface area contributed by atoms with E-state index in [9.17, 15) is 0 Å². The summed E-state index contributed by atoms with van der Waals surface area (Å²) in [7, 11) is 0. The van der Waals surface area contributed by atoms with Gasteiger partial charge in [-0.2, -0.15) is 0 Å². The Labute approximate surface area is 151 Å². The first-order valence-corrected chi connectivity index (χ1v) is 6.98. The summed E-state index contributed by atoms with van der Waals surface area (Å²) in [6, 6.07) is 26.1. The molecule has 106 valence electrons. The third-order valence-electron chi connectivity index (χ3n) is 4.06. The van der Waals surface area contributed by atoms with Gasteiger partial charge in [0, 0.05) is 0 Å². The maximum absolute atomic E-state index is 2.28. The van der Waals surface area contributed by atoms with E-state index in [1.807, 2.05) is 0 Å². The van der Waals surface area contributed by atoms with Gasteiger partial charge in [-0.25, -0.2) is 0 Å². The Hall–Kier alpha value is -1.59. The van der Waals surface area contributed by atoms with E-state index in [0.29, 0.717) is 0 Å². The SMILES string of the molecule is Cc1[cH-]c2ccccc2c1-c1cccc2ccccc12.[CH3-].[Zr+2]. The van der Waals surface area contributed by atoms with Crippen LogP contribution in [0.25, 0.3) is 32.7 Å². The maximum Gasteiger partial charge on any atom is 2.00 e. The van der Waals surface area contributed by atoms with Crippen molar-refractivity contribution < 1.29 is 26.2 Å². The fraction of sp³-hybridized carbons (Fsp3) is 0.0476. The largest absolute Gasteiger partial charge is 2.00 e. The first kappa shape index (κ1) is 16.8. The predicted molar refractivity (Wildman–Crippen MR) is 93.6 cm³/mol. The van der Waals surface area contributed by atoms with Gasteiger partial charge in [-0.05, 0) is 10.8 Å². The molecule has 0 fully saturated rings. The van der Waals surface area contributed by atoms with Crippen molar-refractivity contribution in [1.29, 1.82) is 0 Å². The number of hydrogen-bond acceptors (Lipinski definition) is 0. The minimum atomic E-state index is 0. The molecule has 0 aromatic heterocycles. The van der Waals surface area contributed by atoms with Gasteiger partial charge in [-0.3, -0.25) is 0 Å². The average molecular weight is 362 g/mol. The van der Waals surface area contributed by atoms with Crippen LogP contribution in [0.15, 0.2) is 72.8 Å². The Morgan fingerprint density at radius 2 is 1.36 bits per heavy atom. The molecule has 0 heterocycles. The van der Waals surface area contributed by atoms with Crippen LogP contribution in [0, 0.1) is 14.4 Å². The number of benzene rings is 3. The maximum atomic E-state index is 2.28. The van der Waals surface area contributed by atoms with Crippen LogP contribution in [0.2, 0.25) is 0 Å². The molecular weight excluding hydrogens is 343 g/mol. The van der Waals surface area contributed by atoms with Crippen molar-refractivity contribution in [3.8, 4) is 11.1 Å². The molecule has 0 aliphatic carbocycles. The molecule has 0 N–H and O–H groups in total. The molecular formula is C21H18Zr. The molecule has 0 aliphatic heterocycles. The van der Waals surface area contributed by atoms with E-state index < -0.39 is 0 Å². The van der Waals surface area contributed by atoms with Gasteiger partial charge in [0.1, 0.15) is 0 Å². The summed E-state index contributed by atoms with van der Waals surface area (Å²) in [4.78, 5) is 0. The van der Waals surface area contributed by atoms with Crippen molar-refractivity contribution in [1.82, 2.24) is 0 Å². The van der Waals surface area contributed by atoms with E-state index >= 15 is 0 Å². The number of hydrogen-bond donors (Lipinski definition) is 0.